The van der Waals surface area contributed by atoms with Crippen LogP contribution in [0.1, 0.15) is 36.8 Å². The zero-order chi connectivity index (χ0) is 22.2. The molecule has 0 spiro atoms. The molecule has 2 aromatic carbocycles. The minimum atomic E-state index is -0.483. The third-order valence-corrected chi connectivity index (χ3v) is 5.27. The largest absolute Gasteiger partial charge is 0.458 e. The molecule has 0 atom stereocenters. The van der Waals surface area contributed by atoms with Crippen LogP contribution in [0.4, 0.5) is 11.4 Å². The van der Waals surface area contributed by atoms with Gasteiger partial charge in [-0.2, -0.15) is 0 Å². The SMILES string of the molecule is COC1CCC(C(=O)Oc2ccc(/C=C/C(=O)OCc3cc(N)cc(N)c3)cc2)CC1. The summed E-state index contributed by atoms with van der Waals surface area (Å²) < 4.78 is 16.0. The van der Waals surface area contributed by atoms with E-state index in [9.17, 15) is 9.59 Å². The molecule has 1 aliphatic rings. The molecular formula is C24H28N2O5. The molecule has 0 aromatic heterocycles. The van der Waals surface area contributed by atoms with Crippen molar-refractivity contribution in [3.05, 3.63) is 59.7 Å². The van der Waals surface area contributed by atoms with E-state index in [1.165, 1.54) is 6.08 Å². The standard InChI is InChI=1S/C24H28N2O5/c1-29-21-9-5-18(6-10-21)24(28)31-22-7-2-16(3-8-22)4-11-23(27)30-15-17-12-19(25)14-20(26)13-17/h2-4,7-8,11-14,18,21H,5-6,9-10,15,25-26H2,1H3/b11-4+. The number of nitrogens with two attached hydrogens (primary N) is 2. The van der Waals surface area contributed by atoms with Crippen LogP contribution in [-0.4, -0.2) is 25.2 Å². The molecule has 0 heterocycles. The number of ether oxygens (including phenoxy) is 3. The number of hydrogen-bond acceptors (Lipinski definition) is 7. The van der Waals surface area contributed by atoms with Gasteiger partial charge in [0.2, 0.25) is 0 Å². The van der Waals surface area contributed by atoms with Crippen molar-refractivity contribution in [3.8, 4) is 5.75 Å². The molecule has 0 amide bonds. The Morgan fingerprint density at radius 2 is 1.65 bits per heavy atom. The highest BCUT2D eigenvalue weighted by atomic mass is 16.5. The van der Waals surface area contributed by atoms with Crippen molar-refractivity contribution < 1.29 is 23.8 Å². The van der Waals surface area contributed by atoms with Crippen molar-refractivity contribution in [1.29, 1.82) is 0 Å². The topological polar surface area (TPSA) is 114 Å². The molecule has 1 fully saturated rings. The average Bonchev–Trinajstić information content (AvgIpc) is 2.76. The van der Waals surface area contributed by atoms with E-state index in [2.05, 4.69) is 0 Å². The van der Waals surface area contributed by atoms with Crippen LogP contribution in [-0.2, 0) is 25.7 Å². The predicted molar refractivity (Wildman–Crippen MR) is 119 cm³/mol. The van der Waals surface area contributed by atoms with E-state index in [4.69, 9.17) is 25.7 Å². The van der Waals surface area contributed by atoms with Crippen LogP contribution < -0.4 is 16.2 Å². The number of methoxy groups -OCH3 is 1. The second-order valence-electron chi connectivity index (χ2n) is 7.65. The Bertz CT molecular complexity index is 911. The van der Waals surface area contributed by atoms with Gasteiger partial charge in [0.1, 0.15) is 12.4 Å². The highest BCUT2D eigenvalue weighted by Gasteiger charge is 2.27. The summed E-state index contributed by atoms with van der Waals surface area (Å²) in [5.74, 6) is -0.291. The van der Waals surface area contributed by atoms with E-state index in [1.807, 2.05) is 0 Å². The third-order valence-electron chi connectivity index (χ3n) is 5.27. The van der Waals surface area contributed by atoms with Crippen LogP contribution in [0.5, 0.6) is 5.75 Å². The van der Waals surface area contributed by atoms with E-state index in [-0.39, 0.29) is 24.6 Å². The van der Waals surface area contributed by atoms with E-state index in [0.29, 0.717) is 17.1 Å². The number of nitrogen functional groups attached to an aromatic ring is 2. The molecule has 164 valence electrons. The maximum atomic E-state index is 12.3. The Balaban J connectivity index is 1.46. The number of anilines is 2. The molecule has 7 heteroatoms. The van der Waals surface area contributed by atoms with Gasteiger partial charge in [0.25, 0.3) is 0 Å². The van der Waals surface area contributed by atoms with Crippen LogP contribution in [0.15, 0.2) is 48.5 Å². The lowest BCUT2D eigenvalue weighted by Crippen LogP contribution is -2.28. The van der Waals surface area contributed by atoms with Gasteiger partial charge in [-0.1, -0.05) is 12.1 Å². The summed E-state index contributed by atoms with van der Waals surface area (Å²) in [6, 6.07) is 12.0. The number of carbonyl (C=O) groups excluding carboxylic acids is 2. The highest BCUT2D eigenvalue weighted by molar-refractivity contribution is 5.87. The van der Waals surface area contributed by atoms with Gasteiger partial charge in [-0.25, -0.2) is 4.79 Å². The second kappa shape index (κ2) is 10.6. The summed E-state index contributed by atoms with van der Waals surface area (Å²) in [4.78, 5) is 24.3. The van der Waals surface area contributed by atoms with Gasteiger partial charge >= 0.3 is 11.9 Å². The summed E-state index contributed by atoms with van der Waals surface area (Å²) in [5, 5.41) is 0. The monoisotopic (exact) mass is 424 g/mol. The number of hydrogen-bond donors (Lipinski definition) is 2. The Hall–Kier alpha value is -3.32. The van der Waals surface area contributed by atoms with Crippen LogP contribution in [0.3, 0.4) is 0 Å². The summed E-state index contributed by atoms with van der Waals surface area (Å²) in [7, 11) is 1.70. The maximum Gasteiger partial charge on any atom is 0.331 e. The smallest absolute Gasteiger partial charge is 0.331 e. The zero-order valence-electron chi connectivity index (χ0n) is 17.6. The van der Waals surface area contributed by atoms with Crippen LogP contribution in [0.2, 0.25) is 0 Å². The van der Waals surface area contributed by atoms with Gasteiger partial charge in [0.15, 0.2) is 0 Å². The highest BCUT2D eigenvalue weighted by Crippen LogP contribution is 2.27. The molecule has 1 saturated carbocycles. The Labute approximate surface area is 182 Å². The second-order valence-corrected chi connectivity index (χ2v) is 7.65. The lowest BCUT2D eigenvalue weighted by Gasteiger charge is -2.26. The van der Waals surface area contributed by atoms with E-state index in [1.54, 1.807) is 55.7 Å². The molecule has 0 saturated heterocycles. The maximum absolute atomic E-state index is 12.3. The fraction of sp³-hybridized carbons (Fsp3) is 0.333. The summed E-state index contributed by atoms with van der Waals surface area (Å²) >= 11 is 0. The van der Waals surface area contributed by atoms with Crippen molar-refractivity contribution in [2.24, 2.45) is 5.92 Å². The molecule has 0 unspecified atom stereocenters. The predicted octanol–water partition coefficient (Wildman–Crippen LogP) is 3.72. The molecule has 3 rings (SSSR count). The molecule has 1 aliphatic carbocycles. The van der Waals surface area contributed by atoms with E-state index < -0.39 is 5.97 Å². The molecule has 0 aliphatic heterocycles. The fourth-order valence-corrected chi connectivity index (χ4v) is 3.58. The number of benzene rings is 2. The molecule has 7 nitrogen and oxygen atoms in total. The number of carbonyl (C=O) groups is 2. The first-order valence-electron chi connectivity index (χ1n) is 10.3. The molecule has 0 radical (unpaired) electrons. The van der Waals surface area contributed by atoms with Gasteiger partial charge in [0.05, 0.1) is 12.0 Å². The summed E-state index contributed by atoms with van der Waals surface area (Å²) in [5.41, 5.74) is 14.0. The normalized spacial score (nSPS) is 18.6. The lowest BCUT2D eigenvalue weighted by atomic mass is 9.87. The Kier molecular flexibility index (Phi) is 7.67. The first-order chi connectivity index (χ1) is 14.9. The molecule has 4 N–H and O–H groups in total. The quantitative estimate of drug-likeness (QED) is 0.301. The van der Waals surface area contributed by atoms with Crippen molar-refractivity contribution in [2.75, 3.05) is 18.6 Å². The van der Waals surface area contributed by atoms with Gasteiger partial charge in [-0.3, -0.25) is 4.79 Å². The molecule has 31 heavy (non-hydrogen) atoms. The molecule has 2 aromatic rings. The lowest BCUT2D eigenvalue weighted by molar-refractivity contribution is -0.141. The minimum Gasteiger partial charge on any atom is -0.458 e. The number of rotatable bonds is 7. The average molecular weight is 424 g/mol. The van der Waals surface area contributed by atoms with Crippen LogP contribution >= 0.6 is 0 Å². The van der Waals surface area contributed by atoms with Crippen LogP contribution in [0, 0.1) is 5.92 Å². The van der Waals surface area contributed by atoms with Crippen molar-refractivity contribution in [1.82, 2.24) is 0 Å². The van der Waals surface area contributed by atoms with Gasteiger partial charge in [-0.15, -0.1) is 0 Å². The van der Waals surface area contributed by atoms with Crippen molar-refractivity contribution in [3.63, 3.8) is 0 Å². The zero-order valence-corrected chi connectivity index (χ0v) is 17.6. The fourth-order valence-electron chi connectivity index (χ4n) is 3.58. The van der Waals surface area contributed by atoms with Crippen molar-refractivity contribution in [2.45, 2.75) is 38.4 Å². The van der Waals surface area contributed by atoms with E-state index >= 15 is 0 Å². The van der Waals surface area contributed by atoms with Gasteiger partial charge in [0, 0.05) is 24.6 Å². The summed E-state index contributed by atoms with van der Waals surface area (Å²) in [6.07, 6.45) is 6.52. The van der Waals surface area contributed by atoms with Gasteiger partial charge in [-0.05, 0) is 73.2 Å². The number of esters is 2. The third kappa shape index (κ3) is 6.86. The van der Waals surface area contributed by atoms with E-state index in [0.717, 1.165) is 36.8 Å². The molecule has 0 bridgehead atoms. The Morgan fingerprint density at radius 3 is 2.26 bits per heavy atom. The minimum absolute atomic E-state index is 0.0829. The van der Waals surface area contributed by atoms with Gasteiger partial charge < -0.3 is 25.7 Å². The Morgan fingerprint density at radius 1 is 1.00 bits per heavy atom. The first kappa shape index (κ1) is 22.4. The van der Waals surface area contributed by atoms with Crippen LogP contribution in [0.25, 0.3) is 6.08 Å². The van der Waals surface area contributed by atoms with Crippen molar-refractivity contribution >= 4 is 29.4 Å². The first-order valence-corrected chi connectivity index (χ1v) is 10.3. The summed E-state index contributed by atoms with van der Waals surface area (Å²) in [6.45, 7) is 0.0829. The molecular weight excluding hydrogens is 396 g/mol.